The van der Waals surface area contributed by atoms with Gasteiger partial charge in [-0.05, 0) is 37.1 Å². The van der Waals surface area contributed by atoms with Crippen LogP contribution in [0.1, 0.15) is 25.7 Å². The van der Waals surface area contributed by atoms with Crippen molar-refractivity contribution in [1.29, 1.82) is 0 Å². The third-order valence-electron chi connectivity index (χ3n) is 4.52. The summed E-state index contributed by atoms with van der Waals surface area (Å²) in [5.74, 6) is 1.14. The van der Waals surface area contributed by atoms with Crippen LogP contribution in [0.2, 0.25) is 0 Å². The Morgan fingerprint density at radius 3 is 2.74 bits per heavy atom. The Labute approximate surface area is 134 Å². The third kappa shape index (κ3) is 2.84. The van der Waals surface area contributed by atoms with Crippen LogP contribution < -0.4 is 5.32 Å². The number of hydrogen-bond acceptors (Lipinski definition) is 2. The summed E-state index contributed by atoms with van der Waals surface area (Å²) in [6, 6.07) is 15.8. The average molecular weight is 305 g/mol. The molecule has 0 spiro atoms. The number of nitrogens with zero attached hydrogens (tertiary/aromatic N) is 1. The highest BCUT2D eigenvalue weighted by atomic mass is 16.1. The highest BCUT2D eigenvalue weighted by Crippen LogP contribution is 2.27. The summed E-state index contributed by atoms with van der Waals surface area (Å²) in [6.07, 6.45) is 4.35. The fraction of sp³-hybridized carbons (Fsp3) is 0.263. The van der Waals surface area contributed by atoms with E-state index in [1.807, 2.05) is 48.5 Å². The first-order valence-corrected chi connectivity index (χ1v) is 8.16. The Balaban J connectivity index is 1.59. The Bertz CT molecular complexity index is 813. The van der Waals surface area contributed by atoms with Crippen LogP contribution >= 0.6 is 0 Å². The van der Waals surface area contributed by atoms with Gasteiger partial charge in [-0.2, -0.15) is 0 Å². The largest absolute Gasteiger partial charge is 0.338 e. The van der Waals surface area contributed by atoms with Crippen LogP contribution in [0.3, 0.4) is 0 Å². The predicted molar refractivity (Wildman–Crippen MR) is 92.1 cm³/mol. The van der Waals surface area contributed by atoms with E-state index < -0.39 is 0 Å². The lowest BCUT2D eigenvalue weighted by Crippen LogP contribution is -2.20. The molecule has 1 amide bonds. The first-order valence-electron chi connectivity index (χ1n) is 8.16. The number of imidazole rings is 1. The van der Waals surface area contributed by atoms with Gasteiger partial charge in [0.1, 0.15) is 5.82 Å². The summed E-state index contributed by atoms with van der Waals surface area (Å²) in [4.78, 5) is 20.2. The van der Waals surface area contributed by atoms with Crippen LogP contribution in [0.5, 0.6) is 0 Å². The Hall–Kier alpha value is -2.62. The van der Waals surface area contributed by atoms with Gasteiger partial charge >= 0.3 is 0 Å². The van der Waals surface area contributed by atoms with Crippen LogP contribution in [0, 0.1) is 5.92 Å². The van der Waals surface area contributed by atoms with Crippen molar-refractivity contribution in [1.82, 2.24) is 9.97 Å². The number of carbonyl (C=O) groups is 1. The predicted octanol–water partition coefficient (Wildman–Crippen LogP) is 4.36. The molecule has 3 aromatic rings. The lowest BCUT2D eigenvalue weighted by atomic mass is 10.1. The molecule has 0 aliphatic heterocycles. The van der Waals surface area contributed by atoms with E-state index in [1.54, 1.807) is 0 Å². The van der Waals surface area contributed by atoms with Crippen molar-refractivity contribution >= 4 is 22.6 Å². The molecule has 4 rings (SSSR count). The maximum absolute atomic E-state index is 12.3. The Morgan fingerprint density at radius 1 is 1.09 bits per heavy atom. The van der Waals surface area contributed by atoms with Gasteiger partial charge in [-0.25, -0.2) is 4.98 Å². The number of rotatable bonds is 3. The van der Waals surface area contributed by atoms with Gasteiger partial charge in [0.25, 0.3) is 0 Å². The fourth-order valence-corrected chi connectivity index (χ4v) is 3.27. The minimum atomic E-state index is 0.143. The normalized spacial score (nSPS) is 15.1. The number of nitrogens with one attached hydrogen (secondary N) is 2. The zero-order chi connectivity index (χ0) is 15.6. The molecule has 1 aliphatic carbocycles. The number of anilines is 1. The molecule has 116 valence electrons. The van der Waals surface area contributed by atoms with E-state index in [0.29, 0.717) is 0 Å². The zero-order valence-electron chi connectivity index (χ0n) is 12.9. The first kappa shape index (κ1) is 14.0. The van der Waals surface area contributed by atoms with Crippen LogP contribution in [-0.2, 0) is 4.79 Å². The molecule has 0 atom stereocenters. The summed E-state index contributed by atoms with van der Waals surface area (Å²) in [6.45, 7) is 0. The topological polar surface area (TPSA) is 57.8 Å². The van der Waals surface area contributed by atoms with Gasteiger partial charge in [-0.3, -0.25) is 4.79 Å². The molecular weight excluding hydrogens is 286 g/mol. The minimum absolute atomic E-state index is 0.143. The number of aromatic nitrogens is 2. The van der Waals surface area contributed by atoms with Crippen molar-refractivity contribution in [3.63, 3.8) is 0 Å². The highest BCUT2D eigenvalue weighted by molar-refractivity contribution is 5.93. The fourth-order valence-electron chi connectivity index (χ4n) is 3.27. The minimum Gasteiger partial charge on any atom is -0.338 e. The monoisotopic (exact) mass is 305 g/mol. The first-order chi connectivity index (χ1) is 11.3. The molecule has 2 aromatic carbocycles. The third-order valence-corrected chi connectivity index (χ3v) is 4.52. The Morgan fingerprint density at radius 2 is 1.91 bits per heavy atom. The molecule has 0 saturated heterocycles. The van der Waals surface area contributed by atoms with Gasteiger partial charge in [0.15, 0.2) is 0 Å². The molecule has 1 fully saturated rings. The van der Waals surface area contributed by atoms with Gasteiger partial charge in [-0.15, -0.1) is 0 Å². The summed E-state index contributed by atoms with van der Waals surface area (Å²) in [5.41, 5.74) is 3.77. The molecule has 0 bridgehead atoms. The number of carbonyl (C=O) groups excluding carboxylic acids is 1. The molecule has 1 saturated carbocycles. The van der Waals surface area contributed by atoms with E-state index in [4.69, 9.17) is 0 Å². The van der Waals surface area contributed by atoms with Crippen molar-refractivity contribution in [2.45, 2.75) is 25.7 Å². The Kier molecular flexibility index (Phi) is 3.58. The van der Waals surface area contributed by atoms with E-state index in [1.165, 1.54) is 0 Å². The van der Waals surface area contributed by atoms with Crippen molar-refractivity contribution < 1.29 is 4.79 Å². The number of fused-ring (bicyclic) bond motifs is 1. The number of para-hydroxylation sites is 2. The zero-order valence-corrected chi connectivity index (χ0v) is 12.9. The molecule has 1 aliphatic rings. The van der Waals surface area contributed by atoms with Crippen molar-refractivity contribution in [2.24, 2.45) is 5.92 Å². The van der Waals surface area contributed by atoms with Crippen molar-refractivity contribution in [2.75, 3.05) is 5.32 Å². The second kappa shape index (κ2) is 5.88. The number of H-pyrrole nitrogens is 1. The van der Waals surface area contributed by atoms with E-state index in [0.717, 1.165) is 53.8 Å². The smallest absolute Gasteiger partial charge is 0.227 e. The summed E-state index contributed by atoms with van der Waals surface area (Å²) in [5, 5.41) is 3.05. The van der Waals surface area contributed by atoms with Crippen molar-refractivity contribution in [3.05, 3.63) is 48.5 Å². The molecule has 23 heavy (non-hydrogen) atoms. The molecular formula is C19H19N3O. The number of hydrogen-bond donors (Lipinski definition) is 2. The molecule has 4 nitrogen and oxygen atoms in total. The van der Waals surface area contributed by atoms with Gasteiger partial charge in [0, 0.05) is 17.2 Å². The average Bonchev–Trinajstić information content (AvgIpc) is 3.24. The molecule has 2 N–H and O–H groups in total. The van der Waals surface area contributed by atoms with Gasteiger partial charge in [0.2, 0.25) is 5.91 Å². The molecule has 0 radical (unpaired) electrons. The summed E-state index contributed by atoms with van der Waals surface area (Å²) in [7, 11) is 0. The van der Waals surface area contributed by atoms with Crippen LogP contribution in [0.4, 0.5) is 5.69 Å². The standard InChI is InChI=1S/C19H19N3O/c23-19(13-6-1-2-7-13)20-15-9-5-8-14(12-15)18-21-16-10-3-4-11-17(16)22-18/h3-5,8-13H,1-2,6-7H2,(H,20,23)(H,21,22). The van der Waals surface area contributed by atoms with Gasteiger partial charge in [0.05, 0.1) is 11.0 Å². The molecule has 1 heterocycles. The molecule has 4 heteroatoms. The summed E-state index contributed by atoms with van der Waals surface area (Å²) < 4.78 is 0. The number of benzene rings is 2. The number of aromatic amines is 1. The van der Waals surface area contributed by atoms with Crippen LogP contribution in [0.15, 0.2) is 48.5 Å². The molecule has 0 unspecified atom stereocenters. The second-order valence-corrected chi connectivity index (χ2v) is 6.15. The van der Waals surface area contributed by atoms with Crippen LogP contribution in [0.25, 0.3) is 22.4 Å². The lowest BCUT2D eigenvalue weighted by molar-refractivity contribution is -0.119. The van der Waals surface area contributed by atoms with E-state index in [9.17, 15) is 4.79 Å². The van der Waals surface area contributed by atoms with Gasteiger partial charge in [-0.1, -0.05) is 37.1 Å². The van der Waals surface area contributed by atoms with Crippen molar-refractivity contribution in [3.8, 4) is 11.4 Å². The summed E-state index contributed by atoms with van der Waals surface area (Å²) >= 11 is 0. The lowest BCUT2D eigenvalue weighted by Gasteiger charge is -2.11. The quantitative estimate of drug-likeness (QED) is 0.755. The maximum atomic E-state index is 12.3. The van der Waals surface area contributed by atoms with E-state index >= 15 is 0 Å². The maximum Gasteiger partial charge on any atom is 0.227 e. The van der Waals surface area contributed by atoms with Gasteiger partial charge < -0.3 is 10.3 Å². The second-order valence-electron chi connectivity index (χ2n) is 6.15. The van der Waals surface area contributed by atoms with Crippen LogP contribution in [-0.4, -0.2) is 15.9 Å². The number of amides is 1. The van der Waals surface area contributed by atoms with E-state index in [2.05, 4.69) is 15.3 Å². The molecule has 1 aromatic heterocycles. The van der Waals surface area contributed by atoms with E-state index in [-0.39, 0.29) is 11.8 Å². The highest BCUT2D eigenvalue weighted by Gasteiger charge is 2.22. The SMILES string of the molecule is O=C(Nc1cccc(-c2nc3ccccc3[nH]2)c1)C1CCCC1.